The number of thiophene rings is 1. The van der Waals surface area contributed by atoms with Gasteiger partial charge in [-0.2, -0.15) is 0 Å². The molecule has 4 aromatic heterocycles. The van der Waals surface area contributed by atoms with Crippen molar-refractivity contribution in [1.82, 2.24) is 35.1 Å². The van der Waals surface area contributed by atoms with Crippen molar-refractivity contribution in [3.63, 3.8) is 0 Å². The first-order chi connectivity index (χ1) is 33.2. The number of aromatic nitrogens is 5. The molecule has 0 aliphatic rings. The lowest BCUT2D eigenvalue weighted by molar-refractivity contribution is -0.139. The topological polar surface area (TPSA) is 238 Å². The zero-order valence-electron chi connectivity index (χ0n) is 40.4. The number of nitrogens with two attached hydrogens (primary N) is 1. The number of hydrogen-bond donors (Lipinski definition) is 5. The third kappa shape index (κ3) is 15.2. The summed E-state index contributed by atoms with van der Waals surface area (Å²) in [6.07, 6.45) is 4.20. The van der Waals surface area contributed by atoms with Crippen LogP contribution in [0.4, 0.5) is 10.8 Å². The number of nitrogens with zero attached hydrogens (tertiary/aromatic N) is 5. The number of aryl methyl sites for hydroxylation is 2. The molecule has 2 amide bonds. The molecule has 0 bridgehead atoms. The molecule has 0 fully saturated rings. The van der Waals surface area contributed by atoms with E-state index < -0.39 is 17.9 Å². The SMILES string of the molecule is CCCCc1nc2c(N)nc3ccccc3c2n1CC(C)(C)COCCCOCCOCCOCCCNC(=O)CC[C@H](NC(=O)c1ccc(N(C)Cc2ccc3nc(C)[nH]c(=O)c3c2)s1)C(=O)O. The Bertz CT molecular complexity index is 2720. The largest absolute Gasteiger partial charge is 0.480 e. The summed E-state index contributed by atoms with van der Waals surface area (Å²) in [5.41, 5.74) is 10.2. The molecule has 6 rings (SSSR count). The predicted molar refractivity (Wildman–Crippen MR) is 269 cm³/mol. The molecule has 0 saturated heterocycles. The average molecular weight is 970 g/mol. The summed E-state index contributed by atoms with van der Waals surface area (Å²) in [6, 6.07) is 15.8. The Morgan fingerprint density at radius 2 is 1.61 bits per heavy atom. The van der Waals surface area contributed by atoms with E-state index in [0.717, 1.165) is 70.6 Å². The maximum atomic E-state index is 13.0. The molecule has 6 aromatic rings. The number of benzene rings is 2. The van der Waals surface area contributed by atoms with Gasteiger partial charge in [-0.15, -0.1) is 11.3 Å². The number of pyridine rings is 1. The van der Waals surface area contributed by atoms with Crippen molar-refractivity contribution < 1.29 is 38.4 Å². The Balaban J connectivity index is 0.772. The molecule has 19 heteroatoms. The zero-order valence-corrected chi connectivity index (χ0v) is 41.3. The first kappa shape index (κ1) is 52.4. The van der Waals surface area contributed by atoms with Gasteiger partial charge in [0.2, 0.25) is 5.91 Å². The van der Waals surface area contributed by atoms with Gasteiger partial charge in [0.05, 0.1) is 64.8 Å². The average Bonchev–Trinajstić information content (AvgIpc) is 3.96. The monoisotopic (exact) mass is 969 g/mol. The molecule has 2 aromatic carbocycles. The summed E-state index contributed by atoms with van der Waals surface area (Å²) < 4.78 is 25.4. The van der Waals surface area contributed by atoms with E-state index in [4.69, 9.17) is 29.7 Å². The van der Waals surface area contributed by atoms with Gasteiger partial charge in [-0.05, 0) is 68.5 Å². The molecule has 18 nitrogen and oxygen atoms in total. The fraction of sp³-hybridized carbons (Fsp3) is 0.500. The number of carboxylic acids is 1. The number of hydrogen-bond acceptors (Lipinski definition) is 14. The number of carboxylic acid groups (broad SMARTS) is 1. The fourth-order valence-electron chi connectivity index (χ4n) is 7.89. The number of H-pyrrole nitrogens is 1. The van der Waals surface area contributed by atoms with Gasteiger partial charge in [-0.25, -0.2) is 19.7 Å². The van der Waals surface area contributed by atoms with E-state index in [1.54, 1.807) is 31.2 Å². The minimum absolute atomic E-state index is 0.0663. The van der Waals surface area contributed by atoms with E-state index in [0.29, 0.717) is 99.8 Å². The van der Waals surface area contributed by atoms with Crippen LogP contribution in [0.1, 0.15) is 86.2 Å². The Morgan fingerprint density at radius 3 is 2.36 bits per heavy atom. The number of nitrogen functional groups attached to an aromatic ring is 1. The van der Waals surface area contributed by atoms with Gasteiger partial charge in [0, 0.05) is 70.1 Å². The van der Waals surface area contributed by atoms with Crippen LogP contribution in [0.15, 0.2) is 59.4 Å². The standard InChI is InChI=1S/C50H67N9O9S/c1-6-7-14-41-57-44-45(35-12-8-9-13-37(35)55-46(44)51)59(41)31-50(3,4)32-68-24-11-23-66-26-28-67-27-25-65-22-10-21-52-42(60)19-17-39(49(63)64)56-48(62)40-18-20-43(69-40)58(5)30-34-15-16-38-36(29-34)47(61)54-33(2)53-38/h8-9,12-13,15-16,18,20,29,39H,6-7,10-11,14,17,19,21-28,30-32H2,1-5H3,(H2,51,55)(H,52,60)(H,56,62)(H,63,64)(H,53,54,61)/t39-/m0/s1. The Labute approximate surface area is 406 Å². The van der Waals surface area contributed by atoms with E-state index in [9.17, 15) is 24.3 Å². The van der Waals surface area contributed by atoms with E-state index in [1.165, 1.54) is 11.3 Å². The van der Waals surface area contributed by atoms with Crippen molar-refractivity contribution in [2.45, 2.75) is 91.8 Å². The summed E-state index contributed by atoms with van der Waals surface area (Å²) in [5.74, 6) is -0.0452. The number of aromatic amines is 1. The van der Waals surface area contributed by atoms with E-state index in [1.807, 2.05) is 36.2 Å². The third-order valence-electron chi connectivity index (χ3n) is 11.4. The summed E-state index contributed by atoms with van der Waals surface area (Å²) in [7, 11) is 1.86. The second-order valence-corrected chi connectivity index (χ2v) is 19.0. The molecular weight excluding hydrogens is 903 g/mol. The minimum atomic E-state index is -1.24. The third-order valence-corrected chi connectivity index (χ3v) is 12.6. The smallest absolute Gasteiger partial charge is 0.326 e. The molecule has 0 aliphatic carbocycles. The molecule has 0 saturated carbocycles. The van der Waals surface area contributed by atoms with Gasteiger partial charge in [0.15, 0.2) is 5.82 Å². The number of unbranched alkanes of at least 4 members (excludes halogenated alkanes) is 1. The summed E-state index contributed by atoms with van der Waals surface area (Å²) >= 11 is 1.21. The Hall–Kier alpha value is -5.99. The van der Waals surface area contributed by atoms with E-state index >= 15 is 0 Å². The zero-order chi connectivity index (χ0) is 49.3. The van der Waals surface area contributed by atoms with Crippen molar-refractivity contribution in [2.75, 3.05) is 77.1 Å². The Kier molecular flexibility index (Phi) is 19.4. The minimum Gasteiger partial charge on any atom is -0.480 e. The molecule has 1 atom stereocenters. The number of carbonyl (C=O) groups is 3. The second kappa shape index (κ2) is 25.6. The molecular formula is C50H67N9O9S. The normalized spacial score (nSPS) is 12.2. The van der Waals surface area contributed by atoms with Crippen LogP contribution >= 0.6 is 11.3 Å². The van der Waals surface area contributed by atoms with Gasteiger partial charge in [0.25, 0.3) is 11.5 Å². The summed E-state index contributed by atoms with van der Waals surface area (Å²) in [5, 5.41) is 17.4. The highest BCUT2D eigenvalue weighted by atomic mass is 32.1. The second-order valence-electron chi connectivity index (χ2n) is 17.9. The summed E-state index contributed by atoms with van der Waals surface area (Å²) in [4.78, 5) is 68.8. The lowest BCUT2D eigenvalue weighted by Crippen LogP contribution is -2.41. The van der Waals surface area contributed by atoms with Crippen molar-refractivity contribution in [2.24, 2.45) is 5.41 Å². The van der Waals surface area contributed by atoms with Crippen molar-refractivity contribution in [1.29, 1.82) is 0 Å². The maximum Gasteiger partial charge on any atom is 0.326 e. The lowest BCUT2D eigenvalue weighted by Gasteiger charge is -2.26. The van der Waals surface area contributed by atoms with Crippen LogP contribution in [0.3, 0.4) is 0 Å². The quantitative estimate of drug-likeness (QED) is 0.0307. The molecule has 0 unspecified atom stereocenters. The van der Waals surface area contributed by atoms with Crippen LogP contribution in [0.5, 0.6) is 0 Å². The summed E-state index contributed by atoms with van der Waals surface area (Å²) in [6.45, 7) is 13.8. The lowest BCUT2D eigenvalue weighted by atomic mass is 9.94. The molecule has 4 heterocycles. The number of fused-ring (bicyclic) bond motifs is 4. The van der Waals surface area contributed by atoms with Crippen LogP contribution in [0.2, 0.25) is 0 Å². The maximum absolute atomic E-state index is 13.0. The van der Waals surface area contributed by atoms with Gasteiger partial charge >= 0.3 is 5.97 Å². The molecule has 0 aliphatic heterocycles. The first-order valence-electron chi connectivity index (χ1n) is 23.7. The highest BCUT2D eigenvalue weighted by molar-refractivity contribution is 7.18. The Morgan fingerprint density at radius 1 is 0.899 bits per heavy atom. The van der Waals surface area contributed by atoms with Crippen LogP contribution in [0, 0.1) is 12.3 Å². The number of ether oxygens (including phenoxy) is 4. The van der Waals surface area contributed by atoms with Crippen molar-refractivity contribution in [3.05, 3.63) is 87.0 Å². The van der Waals surface area contributed by atoms with Crippen LogP contribution in [-0.2, 0) is 48.0 Å². The predicted octanol–water partition coefficient (Wildman–Crippen LogP) is 6.40. The van der Waals surface area contributed by atoms with Crippen LogP contribution < -0.4 is 26.8 Å². The van der Waals surface area contributed by atoms with Gasteiger partial charge < -0.3 is 54.9 Å². The number of aliphatic carboxylic acids is 1. The highest BCUT2D eigenvalue weighted by Gasteiger charge is 2.26. The van der Waals surface area contributed by atoms with E-state index in [2.05, 4.69) is 57.0 Å². The molecule has 0 radical (unpaired) electrons. The number of rotatable bonds is 30. The van der Waals surface area contributed by atoms with Crippen LogP contribution in [-0.4, -0.2) is 120 Å². The van der Waals surface area contributed by atoms with E-state index in [-0.39, 0.29) is 29.7 Å². The van der Waals surface area contributed by atoms with Crippen molar-refractivity contribution in [3.8, 4) is 0 Å². The fourth-order valence-corrected chi connectivity index (χ4v) is 8.76. The van der Waals surface area contributed by atoms with Crippen molar-refractivity contribution >= 4 is 72.8 Å². The van der Waals surface area contributed by atoms with Crippen LogP contribution in [0.25, 0.3) is 32.8 Å². The van der Waals surface area contributed by atoms with Gasteiger partial charge in [-0.3, -0.25) is 14.4 Å². The highest BCUT2D eigenvalue weighted by Crippen LogP contribution is 2.32. The van der Waals surface area contributed by atoms with Gasteiger partial charge in [-0.1, -0.05) is 51.5 Å². The first-order valence-corrected chi connectivity index (χ1v) is 24.5. The number of imidazole rings is 1. The van der Waals surface area contributed by atoms with Gasteiger partial charge in [0.1, 0.15) is 23.2 Å². The molecule has 6 N–H and O–H groups in total. The molecule has 372 valence electrons. The molecule has 69 heavy (non-hydrogen) atoms. The number of amides is 2. The molecule has 0 spiro atoms. The number of nitrogens with one attached hydrogen (secondary N) is 3. The number of carbonyl (C=O) groups excluding carboxylic acids is 2. The number of para-hydroxylation sites is 1. The number of anilines is 2.